The van der Waals surface area contributed by atoms with Gasteiger partial charge in [-0.2, -0.15) is 0 Å². The maximum Gasteiger partial charge on any atom is 0.321 e. The summed E-state index contributed by atoms with van der Waals surface area (Å²) < 4.78 is 0. The van der Waals surface area contributed by atoms with E-state index in [4.69, 9.17) is 0 Å². The maximum absolute atomic E-state index is 13.1. The Kier molecular flexibility index (Phi) is 8.34. The number of carbonyl (C=O) groups is 4. The van der Waals surface area contributed by atoms with Crippen LogP contribution in [0.5, 0.6) is 0 Å². The normalized spacial score (nSPS) is 16.2. The molecule has 1 aliphatic rings. The van der Waals surface area contributed by atoms with Crippen molar-refractivity contribution in [3.63, 3.8) is 0 Å². The van der Waals surface area contributed by atoms with E-state index in [0.29, 0.717) is 25.2 Å². The summed E-state index contributed by atoms with van der Waals surface area (Å²) in [5.41, 5.74) is 0.205. The quantitative estimate of drug-likeness (QED) is 0.467. The van der Waals surface area contributed by atoms with Gasteiger partial charge in [-0.1, -0.05) is 39.0 Å². The van der Waals surface area contributed by atoms with E-state index in [1.807, 2.05) is 39.0 Å². The fourth-order valence-electron chi connectivity index (χ4n) is 3.63. The second-order valence-electron chi connectivity index (χ2n) is 9.38. The van der Waals surface area contributed by atoms with E-state index < -0.39 is 23.3 Å². The molecule has 11 nitrogen and oxygen atoms in total. The number of nitrogens with zero attached hydrogens (tertiary/aromatic N) is 3. The molecule has 0 unspecified atom stereocenters. The van der Waals surface area contributed by atoms with Crippen LogP contribution in [0.2, 0.25) is 0 Å². The number of para-hydroxylation sites is 1. The van der Waals surface area contributed by atoms with E-state index in [-0.39, 0.29) is 30.2 Å². The average molecular weight is 482 g/mol. The minimum absolute atomic E-state index is 0.0903. The molecule has 2 heterocycles. The van der Waals surface area contributed by atoms with E-state index in [0.717, 1.165) is 0 Å². The molecule has 1 aromatic heterocycles. The highest BCUT2D eigenvalue weighted by Gasteiger charge is 2.35. The zero-order chi connectivity index (χ0) is 25.4. The summed E-state index contributed by atoms with van der Waals surface area (Å²) >= 11 is 0. The van der Waals surface area contributed by atoms with Crippen molar-refractivity contribution >= 4 is 29.4 Å². The van der Waals surface area contributed by atoms with Gasteiger partial charge in [-0.05, 0) is 24.0 Å². The van der Waals surface area contributed by atoms with Gasteiger partial charge in [-0.15, -0.1) is 0 Å². The molecule has 0 radical (unpaired) electrons. The molecule has 0 bridgehead atoms. The van der Waals surface area contributed by atoms with Crippen LogP contribution < -0.4 is 21.3 Å². The lowest BCUT2D eigenvalue weighted by atomic mass is 9.86. The first-order valence-corrected chi connectivity index (χ1v) is 11.4. The summed E-state index contributed by atoms with van der Waals surface area (Å²) in [5, 5.41) is 11.0. The van der Waals surface area contributed by atoms with Crippen molar-refractivity contribution in [3.8, 4) is 0 Å². The van der Waals surface area contributed by atoms with Crippen molar-refractivity contribution < 1.29 is 19.2 Å². The molecule has 11 heteroatoms. The lowest BCUT2D eigenvalue weighted by molar-refractivity contribution is -0.131. The van der Waals surface area contributed by atoms with Gasteiger partial charge in [0.1, 0.15) is 11.7 Å². The lowest BCUT2D eigenvalue weighted by Crippen LogP contribution is -2.57. The number of amides is 5. The van der Waals surface area contributed by atoms with Crippen LogP contribution in [0.1, 0.15) is 37.7 Å². The van der Waals surface area contributed by atoms with E-state index in [1.54, 1.807) is 17.0 Å². The van der Waals surface area contributed by atoms with Crippen molar-refractivity contribution in [1.29, 1.82) is 0 Å². The lowest BCUT2D eigenvalue weighted by Gasteiger charge is -2.31. The fourth-order valence-corrected chi connectivity index (χ4v) is 3.63. The standard InChI is InChI=1S/C24H31N7O4/c1-24(2,3)20(30-19(32)14-27-21(33)18-13-25-10-11-26-18)22(34)28-17-9-12-31(15-17)23(35)29-16-7-5-4-6-8-16/h4-8,10-11,13,17,20H,9,12,14-15H2,1-3H3,(H,27,33)(H,28,34)(H,29,35)(H,30,32)/t17-,20-/m1/s1. The Morgan fingerprint density at radius 2 is 1.86 bits per heavy atom. The van der Waals surface area contributed by atoms with E-state index in [1.165, 1.54) is 18.6 Å². The van der Waals surface area contributed by atoms with Crippen LogP contribution in [-0.2, 0) is 9.59 Å². The van der Waals surface area contributed by atoms with Crippen LogP contribution in [0.15, 0.2) is 48.9 Å². The molecule has 1 aromatic carbocycles. The van der Waals surface area contributed by atoms with Gasteiger partial charge in [-0.25, -0.2) is 9.78 Å². The van der Waals surface area contributed by atoms with Crippen LogP contribution in [-0.4, -0.2) is 70.3 Å². The molecule has 35 heavy (non-hydrogen) atoms. The smallest absolute Gasteiger partial charge is 0.321 e. The predicted octanol–water partition coefficient (Wildman–Crippen LogP) is 1.16. The van der Waals surface area contributed by atoms with Gasteiger partial charge in [-0.3, -0.25) is 19.4 Å². The monoisotopic (exact) mass is 481 g/mol. The number of likely N-dealkylation sites (tertiary alicyclic amines) is 1. The molecule has 1 aliphatic heterocycles. The molecule has 3 rings (SSSR count). The van der Waals surface area contributed by atoms with Crippen molar-refractivity contribution in [2.75, 3.05) is 25.0 Å². The zero-order valence-corrected chi connectivity index (χ0v) is 20.1. The summed E-state index contributed by atoms with van der Waals surface area (Å²) in [4.78, 5) is 59.5. The molecule has 2 aromatic rings. The fraction of sp³-hybridized carbons (Fsp3) is 0.417. The minimum Gasteiger partial charge on any atom is -0.350 e. The number of rotatable bonds is 7. The van der Waals surface area contributed by atoms with E-state index in [2.05, 4.69) is 31.2 Å². The van der Waals surface area contributed by atoms with Gasteiger partial charge in [0.05, 0.1) is 12.7 Å². The molecular weight excluding hydrogens is 450 g/mol. The molecule has 1 saturated heterocycles. The number of aromatic nitrogens is 2. The Labute approximate surface area is 204 Å². The first-order valence-electron chi connectivity index (χ1n) is 11.4. The van der Waals surface area contributed by atoms with Crippen molar-refractivity contribution in [1.82, 2.24) is 30.8 Å². The number of benzene rings is 1. The number of anilines is 1. The van der Waals surface area contributed by atoms with Gasteiger partial charge in [0.25, 0.3) is 5.91 Å². The van der Waals surface area contributed by atoms with Crippen LogP contribution in [0.4, 0.5) is 10.5 Å². The first-order chi connectivity index (χ1) is 16.6. The summed E-state index contributed by atoms with van der Waals surface area (Å²) in [6, 6.07) is 7.85. The Bertz CT molecular complexity index is 1040. The van der Waals surface area contributed by atoms with Crippen LogP contribution >= 0.6 is 0 Å². The molecule has 2 atom stereocenters. The van der Waals surface area contributed by atoms with Crippen molar-refractivity contribution in [2.45, 2.75) is 39.3 Å². The van der Waals surface area contributed by atoms with Gasteiger partial charge >= 0.3 is 6.03 Å². The second kappa shape index (κ2) is 11.4. The second-order valence-corrected chi connectivity index (χ2v) is 9.38. The average Bonchev–Trinajstić information content (AvgIpc) is 3.30. The number of hydrogen-bond donors (Lipinski definition) is 4. The highest BCUT2D eigenvalue weighted by Crippen LogP contribution is 2.20. The largest absolute Gasteiger partial charge is 0.350 e. The van der Waals surface area contributed by atoms with E-state index >= 15 is 0 Å². The Hall–Kier alpha value is -4.02. The molecule has 4 N–H and O–H groups in total. The van der Waals surface area contributed by atoms with Crippen LogP contribution in [0, 0.1) is 5.41 Å². The third kappa shape index (κ3) is 7.49. The van der Waals surface area contributed by atoms with Gasteiger partial charge in [0.15, 0.2) is 0 Å². The number of nitrogens with one attached hydrogen (secondary N) is 4. The third-order valence-corrected chi connectivity index (χ3v) is 5.49. The Morgan fingerprint density at radius 1 is 1.11 bits per heavy atom. The summed E-state index contributed by atoms with van der Waals surface area (Å²) in [6.45, 7) is 6.07. The van der Waals surface area contributed by atoms with Gasteiger partial charge in [0.2, 0.25) is 11.8 Å². The molecule has 186 valence electrons. The van der Waals surface area contributed by atoms with Crippen LogP contribution in [0.25, 0.3) is 0 Å². The van der Waals surface area contributed by atoms with Gasteiger partial charge in [0, 0.05) is 37.2 Å². The zero-order valence-electron chi connectivity index (χ0n) is 20.1. The third-order valence-electron chi connectivity index (χ3n) is 5.49. The Morgan fingerprint density at radius 3 is 2.51 bits per heavy atom. The topological polar surface area (TPSA) is 145 Å². The number of carbonyl (C=O) groups excluding carboxylic acids is 4. The summed E-state index contributed by atoms with van der Waals surface area (Å²) in [7, 11) is 0. The van der Waals surface area contributed by atoms with Crippen molar-refractivity contribution in [2.24, 2.45) is 5.41 Å². The summed E-state index contributed by atoms with van der Waals surface area (Å²) in [6.07, 6.45) is 4.72. The maximum atomic E-state index is 13.1. The minimum atomic E-state index is -0.837. The van der Waals surface area contributed by atoms with E-state index in [9.17, 15) is 19.2 Å². The Balaban J connectivity index is 1.51. The SMILES string of the molecule is CC(C)(C)[C@H](NC(=O)CNC(=O)c1cnccn1)C(=O)N[C@@H]1CCN(C(=O)Nc2ccccc2)C1. The number of urea groups is 1. The number of hydrogen-bond acceptors (Lipinski definition) is 6. The molecule has 0 spiro atoms. The molecule has 1 fully saturated rings. The molecule has 5 amide bonds. The molecule has 0 aliphatic carbocycles. The van der Waals surface area contributed by atoms with Crippen LogP contribution in [0.3, 0.4) is 0 Å². The predicted molar refractivity (Wildman–Crippen MR) is 129 cm³/mol. The molecule has 0 saturated carbocycles. The first kappa shape index (κ1) is 25.6. The molecular formula is C24H31N7O4. The highest BCUT2D eigenvalue weighted by molar-refractivity contribution is 5.95. The highest BCUT2D eigenvalue weighted by atomic mass is 16.2. The summed E-state index contributed by atoms with van der Waals surface area (Å²) in [5.74, 6) is -1.39. The van der Waals surface area contributed by atoms with Crippen molar-refractivity contribution in [3.05, 3.63) is 54.6 Å². The van der Waals surface area contributed by atoms with Gasteiger partial charge < -0.3 is 26.2 Å².